The summed E-state index contributed by atoms with van der Waals surface area (Å²) in [6, 6.07) is 6.61. The van der Waals surface area contributed by atoms with Gasteiger partial charge in [-0.05, 0) is 64.7 Å². The van der Waals surface area contributed by atoms with Gasteiger partial charge in [0.2, 0.25) is 0 Å². The fraction of sp³-hybridized carbons (Fsp3) is 0.571. The van der Waals surface area contributed by atoms with Crippen LogP contribution in [0.3, 0.4) is 0 Å². The van der Waals surface area contributed by atoms with E-state index in [2.05, 4.69) is 20.9 Å². The summed E-state index contributed by atoms with van der Waals surface area (Å²) in [6.45, 7) is 5.76. The summed E-state index contributed by atoms with van der Waals surface area (Å²) >= 11 is 0. The minimum absolute atomic E-state index is 0.0979. The van der Waals surface area contributed by atoms with Crippen LogP contribution in [0.15, 0.2) is 23.2 Å². The predicted molar refractivity (Wildman–Crippen MR) is 110 cm³/mol. The molecule has 0 aromatic heterocycles. The average molecular weight is 404 g/mol. The maximum Gasteiger partial charge on any atom is 0.407 e. The minimum Gasteiger partial charge on any atom is -0.444 e. The molecule has 0 unspecified atom stereocenters. The van der Waals surface area contributed by atoms with E-state index in [0.717, 1.165) is 25.7 Å². The van der Waals surface area contributed by atoms with Crippen molar-refractivity contribution in [2.24, 2.45) is 4.99 Å². The van der Waals surface area contributed by atoms with Gasteiger partial charge in [-0.3, -0.25) is 4.99 Å². The van der Waals surface area contributed by atoms with Crippen LogP contribution in [0.25, 0.3) is 0 Å². The summed E-state index contributed by atoms with van der Waals surface area (Å²) in [5.41, 5.74) is 0.326. The second-order valence-corrected chi connectivity index (χ2v) is 8.18. The van der Waals surface area contributed by atoms with Crippen molar-refractivity contribution in [2.75, 3.05) is 7.05 Å². The summed E-state index contributed by atoms with van der Waals surface area (Å²) in [5.74, 6) is 0.219. The molecule has 1 aromatic carbocycles. The molecule has 158 valence electrons. The van der Waals surface area contributed by atoms with Crippen molar-refractivity contribution in [1.82, 2.24) is 16.0 Å². The molecule has 1 fully saturated rings. The Morgan fingerprint density at radius 2 is 1.86 bits per heavy atom. The highest BCUT2D eigenvalue weighted by molar-refractivity contribution is 5.80. The fourth-order valence-corrected chi connectivity index (χ4v) is 3.20. The molecule has 8 heteroatoms. The lowest BCUT2D eigenvalue weighted by molar-refractivity contribution is 0.0490. The normalized spacial score (nSPS) is 19.8. The maximum atomic E-state index is 13.9. The van der Waals surface area contributed by atoms with E-state index in [0.29, 0.717) is 17.1 Å². The Morgan fingerprint density at radius 1 is 1.24 bits per heavy atom. The molecule has 0 bridgehead atoms. The molecule has 29 heavy (non-hydrogen) atoms. The van der Waals surface area contributed by atoms with Gasteiger partial charge in [0.15, 0.2) is 5.96 Å². The van der Waals surface area contributed by atoms with E-state index < -0.39 is 5.60 Å². The number of amides is 1. The molecule has 1 saturated carbocycles. The first-order chi connectivity index (χ1) is 13.7. The third kappa shape index (κ3) is 7.60. The van der Waals surface area contributed by atoms with Gasteiger partial charge in [-0.25, -0.2) is 9.18 Å². The monoisotopic (exact) mass is 403 g/mol. The summed E-state index contributed by atoms with van der Waals surface area (Å²) in [6.07, 6.45) is 3.05. The summed E-state index contributed by atoms with van der Waals surface area (Å²) in [5, 5.41) is 18.3. The number of alkyl carbamates (subject to hydrolysis) is 1. The highest BCUT2D eigenvalue weighted by atomic mass is 19.1. The lowest BCUT2D eigenvalue weighted by Crippen LogP contribution is -2.48. The average Bonchev–Trinajstić information content (AvgIpc) is 2.66. The predicted octanol–water partition coefficient (Wildman–Crippen LogP) is 3.20. The van der Waals surface area contributed by atoms with E-state index >= 15 is 0 Å². The van der Waals surface area contributed by atoms with E-state index in [9.17, 15) is 9.18 Å². The van der Waals surface area contributed by atoms with Crippen molar-refractivity contribution < 1.29 is 13.9 Å². The molecule has 7 nitrogen and oxygen atoms in total. The minimum atomic E-state index is -0.507. The topological polar surface area (TPSA) is 98.5 Å². The van der Waals surface area contributed by atoms with E-state index in [4.69, 9.17) is 10.00 Å². The van der Waals surface area contributed by atoms with Gasteiger partial charge in [0.05, 0.1) is 11.6 Å². The SMILES string of the molecule is CN=C(NCc1cc(C#N)ccc1F)NC1CCC(NC(=O)OC(C)(C)C)CC1. The molecule has 2 rings (SSSR count). The lowest BCUT2D eigenvalue weighted by atomic mass is 9.91. The number of nitrogens with zero attached hydrogens (tertiary/aromatic N) is 2. The molecular weight excluding hydrogens is 373 g/mol. The number of nitrogens with one attached hydrogen (secondary N) is 3. The molecule has 0 atom stereocenters. The Balaban J connectivity index is 1.79. The first-order valence-electron chi connectivity index (χ1n) is 9.85. The number of hydrogen-bond donors (Lipinski definition) is 3. The third-order valence-corrected chi connectivity index (χ3v) is 4.63. The molecule has 1 aliphatic rings. The number of ether oxygens (including phenoxy) is 1. The molecule has 0 spiro atoms. The molecule has 1 amide bonds. The van der Waals surface area contributed by atoms with Crippen molar-refractivity contribution in [3.8, 4) is 6.07 Å². The number of carbonyl (C=O) groups excluding carboxylic acids is 1. The fourth-order valence-electron chi connectivity index (χ4n) is 3.20. The van der Waals surface area contributed by atoms with E-state index in [1.54, 1.807) is 7.05 Å². The van der Waals surface area contributed by atoms with Gasteiger partial charge in [0, 0.05) is 31.2 Å². The smallest absolute Gasteiger partial charge is 0.407 e. The zero-order valence-corrected chi connectivity index (χ0v) is 17.5. The Bertz CT molecular complexity index is 774. The molecule has 1 aliphatic carbocycles. The Labute approximate surface area is 171 Å². The number of carbonyl (C=O) groups is 1. The quantitative estimate of drug-likeness (QED) is 0.530. The van der Waals surface area contributed by atoms with Gasteiger partial charge in [0.25, 0.3) is 0 Å². The number of rotatable bonds is 4. The first-order valence-corrected chi connectivity index (χ1v) is 9.85. The van der Waals surface area contributed by atoms with Gasteiger partial charge in [-0.1, -0.05) is 0 Å². The van der Waals surface area contributed by atoms with Gasteiger partial charge < -0.3 is 20.7 Å². The number of hydrogen-bond acceptors (Lipinski definition) is 4. The van der Waals surface area contributed by atoms with Crippen molar-refractivity contribution >= 4 is 12.1 Å². The van der Waals surface area contributed by atoms with Crippen LogP contribution in [-0.4, -0.2) is 36.8 Å². The molecule has 0 saturated heterocycles. The summed E-state index contributed by atoms with van der Waals surface area (Å²) < 4.78 is 19.2. The standard InChI is InChI=1S/C21H30FN5O2/c1-21(2,3)29-20(28)27-17-8-6-16(7-9-17)26-19(24-4)25-13-15-11-14(12-23)5-10-18(15)22/h5,10-11,16-17H,6-9,13H2,1-4H3,(H,27,28)(H2,24,25,26). The first kappa shape index (κ1) is 22.5. The number of halogens is 1. The molecule has 0 radical (unpaired) electrons. The number of aliphatic imine (C=N–C) groups is 1. The zero-order chi connectivity index (χ0) is 21.4. The van der Waals surface area contributed by atoms with Gasteiger partial charge in [0.1, 0.15) is 11.4 Å². The summed E-state index contributed by atoms with van der Waals surface area (Å²) in [4.78, 5) is 16.1. The Morgan fingerprint density at radius 3 is 2.41 bits per heavy atom. The largest absolute Gasteiger partial charge is 0.444 e. The summed E-state index contributed by atoms with van der Waals surface area (Å²) in [7, 11) is 1.66. The second kappa shape index (κ2) is 10.1. The van der Waals surface area contributed by atoms with Crippen LogP contribution in [0.1, 0.15) is 57.6 Å². The highest BCUT2D eigenvalue weighted by Gasteiger charge is 2.25. The van der Waals surface area contributed by atoms with E-state index in [1.165, 1.54) is 18.2 Å². The molecular formula is C21H30FN5O2. The highest BCUT2D eigenvalue weighted by Crippen LogP contribution is 2.19. The van der Waals surface area contributed by atoms with Crippen LogP contribution in [0, 0.1) is 17.1 Å². The van der Waals surface area contributed by atoms with Crippen molar-refractivity contribution in [1.29, 1.82) is 5.26 Å². The lowest BCUT2D eigenvalue weighted by Gasteiger charge is -2.31. The van der Waals surface area contributed by atoms with Crippen LogP contribution in [0.2, 0.25) is 0 Å². The van der Waals surface area contributed by atoms with Crippen molar-refractivity contribution in [2.45, 2.75) is 70.7 Å². The van der Waals surface area contributed by atoms with Gasteiger partial charge >= 0.3 is 6.09 Å². The van der Waals surface area contributed by atoms with Gasteiger partial charge in [-0.15, -0.1) is 0 Å². The zero-order valence-electron chi connectivity index (χ0n) is 17.5. The van der Waals surface area contributed by atoms with E-state index in [-0.39, 0.29) is 30.5 Å². The van der Waals surface area contributed by atoms with Crippen molar-refractivity contribution in [3.05, 3.63) is 35.1 Å². The van der Waals surface area contributed by atoms with Crippen LogP contribution < -0.4 is 16.0 Å². The van der Waals surface area contributed by atoms with Crippen LogP contribution >= 0.6 is 0 Å². The molecule has 0 aliphatic heterocycles. The van der Waals surface area contributed by atoms with Crippen LogP contribution in [-0.2, 0) is 11.3 Å². The maximum absolute atomic E-state index is 13.9. The number of nitriles is 1. The number of benzene rings is 1. The molecule has 0 heterocycles. The van der Waals surface area contributed by atoms with E-state index in [1.807, 2.05) is 26.8 Å². The number of guanidine groups is 1. The third-order valence-electron chi connectivity index (χ3n) is 4.63. The van der Waals surface area contributed by atoms with Crippen LogP contribution in [0.5, 0.6) is 0 Å². The molecule has 1 aromatic rings. The van der Waals surface area contributed by atoms with Crippen molar-refractivity contribution in [3.63, 3.8) is 0 Å². The van der Waals surface area contributed by atoms with Gasteiger partial charge in [-0.2, -0.15) is 5.26 Å². The Kier molecular flexibility index (Phi) is 7.82. The molecule has 3 N–H and O–H groups in total. The second-order valence-electron chi connectivity index (χ2n) is 8.18. The Hall–Kier alpha value is -2.82. The van der Waals surface area contributed by atoms with Crippen LogP contribution in [0.4, 0.5) is 9.18 Å².